The summed E-state index contributed by atoms with van der Waals surface area (Å²) >= 11 is 2.97. The van der Waals surface area contributed by atoms with Crippen LogP contribution in [0.15, 0.2) is 0 Å². The van der Waals surface area contributed by atoms with Gasteiger partial charge in [0, 0.05) is 5.33 Å². The average molecular weight is 177 g/mol. The van der Waals surface area contributed by atoms with E-state index in [-0.39, 0.29) is 37.4 Å². The molecule has 0 amide bonds. The van der Waals surface area contributed by atoms with Crippen molar-refractivity contribution in [1.82, 2.24) is 0 Å². The van der Waals surface area contributed by atoms with Crippen molar-refractivity contribution in [3.05, 3.63) is 0 Å². The number of rotatable bonds is 2. The van der Waals surface area contributed by atoms with Crippen LogP contribution in [-0.2, 0) is 4.79 Å². The van der Waals surface area contributed by atoms with Crippen LogP contribution < -0.4 is 29.6 Å². The van der Waals surface area contributed by atoms with Gasteiger partial charge in [-0.1, -0.05) is 15.9 Å². The van der Waals surface area contributed by atoms with Crippen LogP contribution in [0.1, 0.15) is 7.85 Å². The summed E-state index contributed by atoms with van der Waals surface area (Å²) in [6.45, 7) is 0. The Labute approximate surface area is 74.2 Å². The molecule has 0 fully saturated rings. The standard InChI is InChI=1S/C3H5BrO2.Na.H/c4-2-1-3(5)6;;/h1-2H2,(H,5,6);;/q;+1;-1. The van der Waals surface area contributed by atoms with Crippen LogP contribution in [0.2, 0.25) is 0 Å². The number of carboxylic acid groups (broad SMARTS) is 1. The van der Waals surface area contributed by atoms with Gasteiger partial charge in [-0.2, -0.15) is 0 Å². The van der Waals surface area contributed by atoms with Gasteiger partial charge < -0.3 is 6.53 Å². The second-order valence-electron chi connectivity index (χ2n) is 0.833. The Morgan fingerprint density at radius 3 is 2.29 bits per heavy atom. The largest absolute Gasteiger partial charge is 1.00 e. The summed E-state index contributed by atoms with van der Waals surface area (Å²) in [5.41, 5.74) is 0. The van der Waals surface area contributed by atoms with Crippen molar-refractivity contribution in [2.24, 2.45) is 0 Å². The molecule has 0 spiro atoms. The number of halogens is 1. The molecule has 0 rings (SSSR count). The van der Waals surface area contributed by atoms with Gasteiger partial charge in [-0.05, 0) is 0 Å². The third-order valence-corrected chi connectivity index (χ3v) is 0.705. The minimum Gasteiger partial charge on any atom is -1.00 e. The SMILES string of the molecule is O=C(O)CCBr.[H-].[Na+]. The number of hydrogen-bond donors (Lipinski definition) is 1. The zero-order chi connectivity index (χ0) is 4.99. The van der Waals surface area contributed by atoms with Gasteiger partial charge in [0.15, 0.2) is 0 Å². The van der Waals surface area contributed by atoms with E-state index in [1.54, 1.807) is 0 Å². The van der Waals surface area contributed by atoms with Crippen LogP contribution in [-0.4, -0.2) is 16.4 Å². The van der Waals surface area contributed by atoms with E-state index in [2.05, 4.69) is 15.9 Å². The van der Waals surface area contributed by atoms with Gasteiger partial charge in [-0.25, -0.2) is 0 Å². The molecule has 0 aromatic rings. The summed E-state index contributed by atoms with van der Waals surface area (Å²) in [5, 5.41) is 8.43. The first-order chi connectivity index (χ1) is 2.77. The smallest absolute Gasteiger partial charge is 1.00 e. The number of alkyl halides is 1. The van der Waals surface area contributed by atoms with Gasteiger partial charge >= 0.3 is 35.5 Å². The fourth-order valence-electron chi connectivity index (χ4n) is 0.0808. The van der Waals surface area contributed by atoms with E-state index in [1.807, 2.05) is 0 Å². The number of hydrogen-bond acceptors (Lipinski definition) is 1. The Hall–Kier alpha value is 0.950. The molecule has 2 nitrogen and oxygen atoms in total. The van der Waals surface area contributed by atoms with Gasteiger partial charge in [0.2, 0.25) is 0 Å². The van der Waals surface area contributed by atoms with Crippen LogP contribution in [0.3, 0.4) is 0 Å². The van der Waals surface area contributed by atoms with Crippen LogP contribution in [0.25, 0.3) is 0 Å². The third-order valence-electron chi connectivity index (χ3n) is 0.308. The molecule has 0 radical (unpaired) electrons. The molecule has 0 aromatic carbocycles. The Morgan fingerprint density at radius 2 is 2.29 bits per heavy atom. The fraction of sp³-hybridized carbons (Fsp3) is 0.667. The number of carbonyl (C=O) groups is 1. The van der Waals surface area contributed by atoms with E-state index in [4.69, 9.17) is 5.11 Å². The van der Waals surface area contributed by atoms with Gasteiger partial charge in [-0.15, -0.1) is 0 Å². The van der Waals surface area contributed by atoms with Gasteiger partial charge in [0.25, 0.3) is 0 Å². The summed E-state index contributed by atoms with van der Waals surface area (Å²) in [4.78, 5) is 9.57. The molecule has 0 heterocycles. The number of carboxylic acids is 1. The Bertz CT molecular complexity index is 61.2. The minimum atomic E-state index is -0.758. The molecule has 7 heavy (non-hydrogen) atoms. The van der Waals surface area contributed by atoms with Gasteiger partial charge in [0.05, 0.1) is 6.42 Å². The van der Waals surface area contributed by atoms with Crippen molar-refractivity contribution in [2.75, 3.05) is 5.33 Å². The predicted molar refractivity (Wildman–Crippen MR) is 27.2 cm³/mol. The van der Waals surface area contributed by atoms with Crippen molar-refractivity contribution >= 4 is 21.9 Å². The van der Waals surface area contributed by atoms with E-state index in [1.165, 1.54) is 0 Å². The quantitative estimate of drug-likeness (QED) is 0.390. The predicted octanol–water partition coefficient (Wildman–Crippen LogP) is -2.03. The molecule has 4 heteroatoms. The van der Waals surface area contributed by atoms with Gasteiger partial charge in [-0.3, -0.25) is 4.79 Å². The first kappa shape index (κ1) is 10.8. The monoisotopic (exact) mass is 176 g/mol. The van der Waals surface area contributed by atoms with Crippen LogP contribution in [0.4, 0.5) is 0 Å². The molecule has 0 saturated heterocycles. The molecule has 0 saturated carbocycles. The number of aliphatic carboxylic acids is 1. The first-order valence-corrected chi connectivity index (χ1v) is 2.67. The average Bonchev–Trinajstić information content (AvgIpc) is 1.35. The van der Waals surface area contributed by atoms with E-state index in [0.717, 1.165) is 0 Å². The van der Waals surface area contributed by atoms with Crippen LogP contribution in [0.5, 0.6) is 0 Å². The minimum absolute atomic E-state index is 0. The summed E-state index contributed by atoms with van der Waals surface area (Å²) in [6, 6.07) is 0. The molecule has 0 aliphatic heterocycles. The molecular weight excluding hydrogens is 171 g/mol. The zero-order valence-corrected chi connectivity index (χ0v) is 7.73. The summed E-state index contributed by atoms with van der Waals surface area (Å²) < 4.78 is 0. The topological polar surface area (TPSA) is 37.3 Å². The second kappa shape index (κ2) is 6.95. The van der Waals surface area contributed by atoms with Crippen LogP contribution >= 0.6 is 15.9 Å². The Kier molecular flexibility index (Phi) is 10.8. The summed E-state index contributed by atoms with van der Waals surface area (Å²) in [5.74, 6) is -0.758. The molecule has 0 aromatic heterocycles. The van der Waals surface area contributed by atoms with E-state index in [9.17, 15) is 4.79 Å². The maximum absolute atomic E-state index is 9.57. The summed E-state index contributed by atoms with van der Waals surface area (Å²) in [7, 11) is 0. The van der Waals surface area contributed by atoms with E-state index >= 15 is 0 Å². The normalized spacial score (nSPS) is 7.00. The van der Waals surface area contributed by atoms with Crippen molar-refractivity contribution < 1.29 is 40.9 Å². The molecule has 0 aliphatic rings. The second-order valence-corrected chi connectivity index (χ2v) is 1.63. The zero-order valence-electron chi connectivity index (χ0n) is 5.15. The molecule has 0 atom stereocenters. The first-order valence-electron chi connectivity index (χ1n) is 1.55. The molecule has 0 unspecified atom stereocenters. The van der Waals surface area contributed by atoms with Crippen molar-refractivity contribution in [2.45, 2.75) is 6.42 Å². The molecule has 0 aliphatic carbocycles. The molecule has 0 bridgehead atoms. The maximum Gasteiger partial charge on any atom is 1.00 e. The van der Waals surface area contributed by atoms with E-state index in [0.29, 0.717) is 5.33 Å². The van der Waals surface area contributed by atoms with Crippen molar-refractivity contribution in [3.8, 4) is 0 Å². The van der Waals surface area contributed by atoms with Crippen LogP contribution in [0, 0.1) is 0 Å². The molecular formula is C3H6BrNaO2. The Morgan fingerprint density at radius 1 is 1.86 bits per heavy atom. The third kappa shape index (κ3) is 10.9. The van der Waals surface area contributed by atoms with Crippen molar-refractivity contribution in [3.63, 3.8) is 0 Å². The van der Waals surface area contributed by atoms with Gasteiger partial charge in [0.1, 0.15) is 0 Å². The summed E-state index contributed by atoms with van der Waals surface area (Å²) in [6.07, 6.45) is 0.208. The molecule has 38 valence electrons. The molecule has 1 N–H and O–H groups in total. The van der Waals surface area contributed by atoms with Crippen molar-refractivity contribution in [1.29, 1.82) is 0 Å². The fourth-order valence-corrected chi connectivity index (χ4v) is 0.420. The Balaban J connectivity index is -0.000000125. The maximum atomic E-state index is 9.57. The van der Waals surface area contributed by atoms with E-state index < -0.39 is 5.97 Å².